The summed E-state index contributed by atoms with van der Waals surface area (Å²) in [4.78, 5) is 0. The second kappa shape index (κ2) is 8.98. The van der Waals surface area contributed by atoms with Crippen LogP contribution in [0.1, 0.15) is 45.7 Å². The Kier molecular flexibility index (Phi) is 7.63. The number of hydrogen-bond acceptors (Lipinski definition) is 3. The van der Waals surface area contributed by atoms with Crippen LogP contribution >= 0.6 is 0 Å². The van der Waals surface area contributed by atoms with Gasteiger partial charge in [0, 0.05) is 12.2 Å². The van der Waals surface area contributed by atoms with E-state index in [2.05, 4.69) is 38.2 Å². The van der Waals surface area contributed by atoms with Gasteiger partial charge in [-0.25, -0.2) is 0 Å². The van der Waals surface area contributed by atoms with Crippen molar-refractivity contribution in [3.8, 4) is 5.75 Å². The third-order valence-corrected chi connectivity index (χ3v) is 3.37. The van der Waals surface area contributed by atoms with E-state index in [0.29, 0.717) is 5.92 Å². The van der Waals surface area contributed by atoms with Crippen LogP contribution in [0.25, 0.3) is 0 Å². The van der Waals surface area contributed by atoms with E-state index in [4.69, 9.17) is 9.47 Å². The molecule has 3 heteroatoms. The zero-order valence-corrected chi connectivity index (χ0v) is 13.5. The molecule has 0 spiro atoms. The van der Waals surface area contributed by atoms with Crippen LogP contribution in [-0.2, 0) is 4.74 Å². The van der Waals surface area contributed by atoms with Gasteiger partial charge in [0.1, 0.15) is 5.75 Å². The highest BCUT2D eigenvalue weighted by molar-refractivity contribution is 5.36. The quantitative estimate of drug-likeness (QED) is 0.746. The highest BCUT2D eigenvalue weighted by atomic mass is 16.5. The van der Waals surface area contributed by atoms with Crippen LogP contribution in [0.3, 0.4) is 0 Å². The molecule has 3 nitrogen and oxygen atoms in total. The molecule has 0 amide bonds. The average Bonchev–Trinajstić information content (AvgIpc) is 2.45. The number of para-hydroxylation sites is 1. The van der Waals surface area contributed by atoms with Crippen LogP contribution in [0.5, 0.6) is 5.75 Å². The molecule has 0 bridgehead atoms. The van der Waals surface area contributed by atoms with Crippen molar-refractivity contribution in [2.75, 3.05) is 20.3 Å². The van der Waals surface area contributed by atoms with Crippen molar-refractivity contribution in [3.63, 3.8) is 0 Å². The highest BCUT2D eigenvalue weighted by Gasteiger charge is 2.27. The van der Waals surface area contributed by atoms with Crippen molar-refractivity contribution in [1.29, 1.82) is 0 Å². The third kappa shape index (κ3) is 4.50. The van der Waals surface area contributed by atoms with E-state index >= 15 is 0 Å². The lowest BCUT2D eigenvalue weighted by Gasteiger charge is -2.31. The van der Waals surface area contributed by atoms with Crippen molar-refractivity contribution >= 4 is 0 Å². The molecule has 0 aliphatic carbocycles. The fourth-order valence-electron chi connectivity index (χ4n) is 2.44. The molecule has 0 saturated heterocycles. The second-order valence-electron chi connectivity index (χ2n) is 5.32. The summed E-state index contributed by atoms with van der Waals surface area (Å²) in [5.74, 6) is 1.39. The summed E-state index contributed by atoms with van der Waals surface area (Å²) >= 11 is 0. The molecule has 0 aromatic heterocycles. The fraction of sp³-hybridized carbons (Fsp3) is 0.647. The molecule has 0 aliphatic rings. The molecular formula is C17H29NO2. The molecule has 1 rings (SSSR count). The lowest BCUT2D eigenvalue weighted by molar-refractivity contribution is 0.00397. The first-order valence-electron chi connectivity index (χ1n) is 7.66. The first-order chi connectivity index (χ1) is 9.65. The minimum absolute atomic E-state index is 0.136. The molecule has 114 valence electrons. The largest absolute Gasteiger partial charge is 0.493 e. The number of rotatable bonds is 9. The van der Waals surface area contributed by atoms with E-state index in [9.17, 15) is 0 Å². The molecule has 1 aromatic carbocycles. The molecule has 1 N–H and O–H groups in total. The fourth-order valence-corrected chi connectivity index (χ4v) is 2.44. The molecule has 0 saturated carbocycles. The van der Waals surface area contributed by atoms with Crippen molar-refractivity contribution in [2.45, 2.75) is 46.3 Å². The van der Waals surface area contributed by atoms with E-state index in [0.717, 1.165) is 25.4 Å². The predicted octanol–water partition coefficient (Wildman–Crippen LogP) is 3.80. The van der Waals surface area contributed by atoms with Gasteiger partial charge in [0.05, 0.1) is 18.8 Å². The zero-order valence-electron chi connectivity index (χ0n) is 13.5. The number of likely N-dealkylation sites (N-methyl/N-ethyl adjacent to an activating group) is 1. The lowest BCUT2D eigenvalue weighted by Crippen LogP contribution is -2.35. The Labute approximate surface area is 123 Å². The van der Waals surface area contributed by atoms with Crippen LogP contribution < -0.4 is 10.1 Å². The van der Waals surface area contributed by atoms with Crippen molar-refractivity contribution in [1.82, 2.24) is 5.32 Å². The van der Waals surface area contributed by atoms with Gasteiger partial charge in [0.15, 0.2) is 0 Å². The zero-order chi connectivity index (χ0) is 15.0. The molecule has 0 aliphatic heterocycles. The van der Waals surface area contributed by atoms with Crippen molar-refractivity contribution < 1.29 is 9.47 Å². The van der Waals surface area contributed by atoms with E-state index in [1.807, 2.05) is 26.1 Å². The van der Waals surface area contributed by atoms with Gasteiger partial charge in [0.2, 0.25) is 0 Å². The van der Waals surface area contributed by atoms with Crippen LogP contribution in [0.15, 0.2) is 24.3 Å². The summed E-state index contributed by atoms with van der Waals surface area (Å²) in [6, 6.07) is 8.39. The summed E-state index contributed by atoms with van der Waals surface area (Å²) in [5, 5.41) is 3.40. The highest BCUT2D eigenvalue weighted by Crippen LogP contribution is 2.31. The van der Waals surface area contributed by atoms with Gasteiger partial charge in [-0.3, -0.25) is 0 Å². The van der Waals surface area contributed by atoms with Crippen molar-refractivity contribution in [3.05, 3.63) is 29.8 Å². The predicted molar refractivity (Wildman–Crippen MR) is 84.3 cm³/mol. The summed E-state index contributed by atoms with van der Waals surface area (Å²) in [6.07, 6.45) is 1.15. The minimum atomic E-state index is 0.136. The number of hydrogen-bond donors (Lipinski definition) is 1. The molecule has 2 unspecified atom stereocenters. The summed E-state index contributed by atoms with van der Waals surface area (Å²) in [5.41, 5.74) is 1.18. The van der Waals surface area contributed by atoms with E-state index in [1.165, 1.54) is 5.56 Å². The number of nitrogens with one attached hydrogen (secondary N) is 1. The molecule has 2 atom stereocenters. The SMILES string of the molecule is CCCOc1ccccc1C(NC)C(OCC)C(C)C. The molecule has 0 heterocycles. The topological polar surface area (TPSA) is 30.5 Å². The Hall–Kier alpha value is -1.06. The van der Waals surface area contributed by atoms with Crippen molar-refractivity contribution in [2.24, 2.45) is 5.92 Å². The normalized spacial score (nSPS) is 14.3. The maximum atomic E-state index is 5.95. The van der Waals surface area contributed by atoms with Gasteiger partial charge >= 0.3 is 0 Å². The molecule has 0 fully saturated rings. The summed E-state index contributed by atoms with van der Waals surface area (Å²) < 4.78 is 11.8. The Morgan fingerprint density at radius 3 is 2.40 bits per heavy atom. The van der Waals surface area contributed by atoms with Gasteiger partial charge in [-0.05, 0) is 32.4 Å². The molecule has 0 radical (unpaired) electrons. The average molecular weight is 279 g/mol. The third-order valence-electron chi connectivity index (χ3n) is 3.37. The monoisotopic (exact) mass is 279 g/mol. The van der Waals surface area contributed by atoms with Crippen LogP contribution in [-0.4, -0.2) is 26.4 Å². The molecular weight excluding hydrogens is 250 g/mol. The van der Waals surface area contributed by atoms with Crippen LogP contribution in [0, 0.1) is 5.92 Å². The van der Waals surface area contributed by atoms with Gasteiger partial charge in [-0.15, -0.1) is 0 Å². The first-order valence-corrected chi connectivity index (χ1v) is 7.66. The van der Waals surface area contributed by atoms with Gasteiger partial charge in [0.25, 0.3) is 0 Å². The smallest absolute Gasteiger partial charge is 0.124 e. The lowest BCUT2D eigenvalue weighted by atomic mass is 9.93. The first kappa shape index (κ1) is 17.0. The standard InChI is InChI=1S/C17H29NO2/c1-6-12-20-15-11-9-8-10-14(15)16(18-5)17(13(3)4)19-7-2/h8-11,13,16-18H,6-7,12H2,1-5H3. The van der Waals surface area contributed by atoms with Gasteiger partial charge < -0.3 is 14.8 Å². The number of benzene rings is 1. The molecule has 20 heavy (non-hydrogen) atoms. The molecule has 1 aromatic rings. The minimum Gasteiger partial charge on any atom is -0.493 e. The number of ether oxygens (including phenoxy) is 2. The Balaban J connectivity index is 3.03. The Bertz CT molecular complexity index is 379. The van der Waals surface area contributed by atoms with E-state index in [-0.39, 0.29) is 12.1 Å². The summed E-state index contributed by atoms with van der Waals surface area (Å²) in [6.45, 7) is 10.0. The maximum Gasteiger partial charge on any atom is 0.124 e. The second-order valence-corrected chi connectivity index (χ2v) is 5.32. The van der Waals surface area contributed by atoms with E-state index in [1.54, 1.807) is 0 Å². The summed E-state index contributed by atoms with van der Waals surface area (Å²) in [7, 11) is 1.98. The van der Waals surface area contributed by atoms with Gasteiger partial charge in [-0.2, -0.15) is 0 Å². The Morgan fingerprint density at radius 1 is 1.15 bits per heavy atom. The van der Waals surface area contributed by atoms with Crippen LogP contribution in [0.4, 0.5) is 0 Å². The Morgan fingerprint density at radius 2 is 1.85 bits per heavy atom. The van der Waals surface area contributed by atoms with Crippen LogP contribution in [0.2, 0.25) is 0 Å². The maximum absolute atomic E-state index is 5.95. The van der Waals surface area contributed by atoms with Gasteiger partial charge in [-0.1, -0.05) is 39.0 Å². The van der Waals surface area contributed by atoms with E-state index < -0.39 is 0 Å².